The Bertz CT molecular complexity index is 996. The number of imidazole rings is 1. The number of carbonyl (C=O) groups is 1. The van der Waals surface area contributed by atoms with E-state index in [-0.39, 0.29) is 11.5 Å². The highest BCUT2D eigenvalue weighted by Gasteiger charge is 2.26. The number of allylic oxidation sites excluding steroid dienone is 2. The second-order valence-electron chi connectivity index (χ2n) is 8.64. The van der Waals surface area contributed by atoms with Gasteiger partial charge in [-0.2, -0.15) is 0 Å². The van der Waals surface area contributed by atoms with Gasteiger partial charge < -0.3 is 24.1 Å². The van der Waals surface area contributed by atoms with Crippen LogP contribution in [-0.2, 0) is 19.5 Å². The predicted octanol–water partition coefficient (Wildman–Crippen LogP) is 2.09. The first-order valence-corrected chi connectivity index (χ1v) is 11.6. The van der Waals surface area contributed by atoms with Gasteiger partial charge in [-0.1, -0.05) is 12.2 Å². The summed E-state index contributed by atoms with van der Waals surface area (Å²) in [5.41, 5.74) is 1.18. The van der Waals surface area contributed by atoms with Crippen molar-refractivity contribution in [3.8, 4) is 5.75 Å². The van der Waals surface area contributed by atoms with Crippen LogP contribution < -0.4 is 15.6 Å². The zero-order valence-corrected chi connectivity index (χ0v) is 18.8. The molecular weight excluding hydrogens is 406 g/mol. The Morgan fingerprint density at radius 3 is 2.94 bits per heavy atom. The Morgan fingerprint density at radius 2 is 2.19 bits per heavy atom. The van der Waals surface area contributed by atoms with Gasteiger partial charge in [-0.15, -0.1) is 0 Å². The molecule has 8 nitrogen and oxygen atoms in total. The van der Waals surface area contributed by atoms with Crippen LogP contribution in [0.4, 0.5) is 0 Å². The van der Waals surface area contributed by atoms with E-state index in [0.717, 1.165) is 51.1 Å². The van der Waals surface area contributed by atoms with E-state index < -0.39 is 0 Å². The predicted molar refractivity (Wildman–Crippen MR) is 123 cm³/mol. The van der Waals surface area contributed by atoms with Crippen LogP contribution in [0.25, 0.3) is 0 Å². The van der Waals surface area contributed by atoms with Crippen LogP contribution in [-0.4, -0.2) is 58.2 Å². The number of amides is 1. The lowest BCUT2D eigenvalue weighted by Gasteiger charge is -2.26. The molecular formula is C24H33N5O3. The van der Waals surface area contributed by atoms with Crippen molar-refractivity contribution >= 4 is 5.91 Å². The fourth-order valence-corrected chi connectivity index (χ4v) is 4.74. The van der Waals surface area contributed by atoms with Crippen LogP contribution in [0.2, 0.25) is 0 Å². The Balaban J connectivity index is 1.45. The molecule has 1 aliphatic heterocycles. The van der Waals surface area contributed by atoms with Crippen LogP contribution >= 0.6 is 0 Å². The maximum atomic E-state index is 13.1. The van der Waals surface area contributed by atoms with Crippen molar-refractivity contribution in [2.75, 3.05) is 33.3 Å². The Labute approximate surface area is 188 Å². The van der Waals surface area contributed by atoms with Crippen LogP contribution in [0, 0.1) is 5.92 Å². The van der Waals surface area contributed by atoms with Crippen molar-refractivity contribution in [2.24, 2.45) is 5.92 Å². The van der Waals surface area contributed by atoms with E-state index in [2.05, 4.69) is 27.4 Å². The number of aromatic nitrogens is 3. The van der Waals surface area contributed by atoms with Crippen molar-refractivity contribution < 1.29 is 9.53 Å². The number of carbonyl (C=O) groups excluding carboxylic acids is 1. The van der Waals surface area contributed by atoms with Gasteiger partial charge in [0.25, 0.3) is 11.5 Å². The molecule has 2 aromatic rings. The first-order chi connectivity index (χ1) is 15.7. The van der Waals surface area contributed by atoms with Crippen molar-refractivity contribution in [1.29, 1.82) is 0 Å². The highest BCUT2D eigenvalue weighted by Crippen LogP contribution is 2.24. The zero-order chi connectivity index (χ0) is 22.3. The van der Waals surface area contributed by atoms with Crippen LogP contribution in [0.1, 0.15) is 41.7 Å². The molecule has 0 saturated heterocycles. The van der Waals surface area contributed by atoms with E-state index in [1.807, 2.05) is 10.8 Å². The summed E-state index contributed by atoms with van der Waals surface area (Å²) in [5, 5.41) is 3.01. The molecule has 1 N–H and O–H groups in total. The molecule has 3 heterocycles. The van der Waals surface area contributed by atoms with Gasteiger partial charge in [0, 0.05) is 69.8 Å². The first kappa shape index (κ1) is 22.3. The van der Waals surface area contributed by atoms with Gasteiger partial charge in [0.2, 0.25) is 0 Å². The van der Waals surface area contributed by atoms with Gasteiger partial charge in [0.05, 0.1) is 13.4 Å². The van der Waals surface area contributed by atoms with E-state index in [1.165, 1.54) is 19.6 Å². The molecule has 0 radical (unpaired) electrons. The maximum absolute atomic E-state index is 13.1. The average molecular weight is 440 g/mol. The number of hydrogen-bond acceptors (Lipinski definition) is 5. The molecule has 2 aliphatic rings. The number of aryl methyl sites for hydroxylation is 1. The van der Waals surface area contributed by atoms with Crippen molar-refractivity contribution in [1.82, 2.24) is 24.3 Å². The number of methoxy groups -OCH3 is 1. The quantitative estimate of drug-likeness (QED) is 0.503. The number of hydrogen-bond donors (Lipinski definition) is 1. The molecule has 1 aliphatic carbocycles. The second kappa shape index (κ2) is 10.6. The van der Waals surface area contributed by atoms with Crippen LogP contribution in [0.15, 0.2) is 41.7 Å². The maximum Gasteiger partial charge on any atom is 0.256 e. The van der Waals surface area contributed by atoms with Gasteiger partial charge in [-0.25, -0.2) is 4.98 Å². The number of ether oxygens (including phenoxy) is 1. The summed E-state index contributed by atoms with van der Waals surface area (Å²) in [5.74, 6) is 0.854. The summed E-state index contributed by atoms with van der Waals surface area (Å²) in [6.07, 6.45) is 14.9. The lowest BCUT2D eigenvalue weighted by molar-refractivity contribution is 0.0947. The Hall–Kier alpha value is -2.87. The molecule has 0 saturated carbocycles. The molecule has 1 amide bonds. The minimum atomic E-state index is -0.179. The third-order valence-electron chi connectivity index (χ3n) is 6.46. The minimum absolute atomic E-state index is 0.101. The number of nitrogens with one attached hydrogen (secondary N) is 1. The van der Waals surface area contributed by atoms with Crippen molar-refractivity contribution in [3.63, 3.8) is 0 Å². The van der Waals surface area contributed by atoms with Gasteiger partial charge in [-0.05, 0) is 31.6 Å². The highest BCUT2D eigenvalue weighted by molar-refractivity contribution is 5.98. The second-order valence-corrected chi connectivity index (χ2v) is 8.64. The van der Waals surface area contributed by atoms with Crippen molar-refractivity contribution in [3.05, 3.63) is 58.6 Å². The third-order valence-corrected chi connectivity index (χ3v) is 6.46. The van der Waals surface area contributed by atoms with E-state index in [1.54, 1.807) is 17.1 Å². The number of nitrogens with zero attached hydrogens (tertiary/aromatic N) is 4. The Kier molecular flexibility index (Phi) is 7.42. The average Bonchev–Trinajstić information content (AvgIpc) is 3.24. The zero-order valence-electron chi connectivity index (χ0n) is 18.8. The van der Waals surface area contributed by atoms with Crippen LogP contribution in [0.5, 0.6) is 5.75 Å². The minimum Gasteiger partial charge on any atom is -0.496 e. The molecule has 32 heavy (non-hydrogen) atoms. The van der Waals surface area contributed by atoms with E-state index >= 15 is 0 Å². The smallest absolute Gasteiger partial charge is 0.256 e. The molecule has 8 heteroatoms. The molecule has 172 valence electrons. The van der Waals surface area contributed by atoms with Gasteiger partial charge in [0.1, 0.15) is 11.3 Å². The summed E-state index contributed by atoms with van der Waals surface area (Å²) >= 11 is 0. The van der Waals surface area contributed by atoms with Crippen molar-refractivity contribution in [2.45, 2.75) is 45.2 Å². The molecule has 0 fully saturated rings. The monoisotopic (exact) mass is 439 g/mol. The summed E-state index contributed by atoms with van der Waals surface area (Å²) in [4.78, 5) is 32.4. The lowest BCUT2D eigenvalue weighted by Crippen LogP contribution is -2.33. The standard InChI is InChI=1S/C24H33N5O3/c1-32-21-16-22(30)29-15-14-27(17-19-6-3-2-4-7-19)12-8-20(29)23(21)24(31)26-9-5-11-28-13-10-25-18-28/h2-3,10,13,16,18-19H,4-9,11-12,14-15,17H2,1H3,(H,26,31)/t19-/m1/s1. The van der Waals surface area contributed by atoms with E-state index in [4.69, 9.17) is 4.74 Å². The fourth-order valence-electron chi connectivity index (χ4n) is 4.74. The number of pyridine rings is 1. The summed E-state index contributed by atoms with van der Waals surface area (Å²) in [7, 11) is 1.52. The largest absolute Gasteiger partial charge is 0.496 e. The highest BCUT2D eigenvalue weighted by atomic mass is 16.5. The summed E-state index contributed by atoms with van der Waals surface area (Å²) < 4.78 is 9.21. The summed E-state index contributed by atoms with van der Waals surface area (Å²) in [6.45, 7) is 4.63. The van der Waals surface area contributed by atoms with Crippen LogP contribution in [0.3, 0.4) is 0 Å². The normalized spacial score (nSPS) is 18.7. The number of rotatable bonds is 8. The van der Waals surface area contributed by atoms with E-state index in [0.29, 0.717) is 36.7 Å². The molecule has 1 atom stereocenters. The molecule has 0 aromatic carbocycles. The molecule has 0 unspecified atom stereocenters. The fraction of sp³-hybridized carbons (Fsp3) is 0.542. The molecule has 0 bridgehead atoms. The first-order valence-electron chi connectivity index (χ1n) is 11.6. The third kappa shape index (κ3) is 5.30. The Morgan fingerprint density at radius 1 is 1.28 bits per heavy atom. The molecule has 0 spiro atoms. The summed E-state index contributed by atoms with van der Waals surface area (Å²) in [6, 6.07) is 1.45. The molecule has 2 aromatic heterocycles. The van der Waals surface area contributed by atoms with Gasteiger partial charge in [0.15, 0.2) is 0 Å². The number of fused-ring (bicyclic) bond motifs is 1. The SMILES string of the molecule is COc1cc(=O)n2c(c1C(=O)NCCCn1ccnc1)CCN(C[C@@H]1CC=CCC1)CC2. The lowest BCUT2D eigenvalue weighted by atomic mass is 9.94. The van der Waals surface area contributed by atoms with E-state index in [9.17, 15) is 9.59 Å². The van der Waals surface area contributed by atoms with Gasteiger partial charge in [-0.3, -0.25) is 9.59 Å². The molecule has 4 rings (SSSR count). The topological polar surface area (TPSA) is 81.4 Å². The van der Waals surface area contributed by atoms with Gasteiger partial charge >= 0.3 is 0 Å².